The van der Waals surface area contributed by atoms with Gasteiger partial charge < -0.3 is 10.2 Å². The summed E-state index contributed by atoms with van der Waals surface area (Å²) in [5, 5.41) is 3.61. The fraction of sp³-hybridized carbons (Fsp3) is 0.353. The highest BCUT2D eigenvalue weighted by Crippen LogP contribution is 2.36. The van der Waals surface area contributed by atoms with E-state index in [1.54, 1.807) is 0 Å². The van der Waals surface area contributed by atoms with Crippen LogP contribution < -0.4 is 5.32 Å². The van der Waals surface area contributed by atoms with Crippen molar-refractivity contribution in [1.29, 1.82) is 0 Å². The van der Waals surface area contributed by atoms with Gasteiger partial charge in [0.25, 0.3) is 5.91 Å². The van der Waals surface area contributed by atoms with Gasteiger partial charge in [0.15, 0.2) is 5.13 Å². The number of hydrogen-bond donors (Lipinski definition) is 1. The summed E-state index contributed by atoms with van der Waals surface area (Å²) in [6.45, 7) is 1.18. The molecular formula is C17H16ClF3N4O4S2. The van der Waals surface area contributed by atoms with E-state index >= 15 is 0 Å². The maximum absolute atomic E-state index is 13.1. The summed E-state index contributed by atoms with van der Waals surface area (Å²) >= 11 is 6.63. The fourth-order valence-corrected chi connectivity index (χ4v) is 5.31. The van der Waals surface area contributed by atoms with E-state index in [4.69, 9.17) is 11.6 Å². The molecule has 1 aromatic heterocycles. The Morgan fingerprint density at radius 2 is 1.84 bits per heavy atom. The molecule has 2 heterocycles. The maximum atomic E-state index is 13.1. The Labute approximate surface area is 184 Å². The minimum Gasteiger partial charge on any atom is -0.335 e. The van der Waals surface area contributed by atoms with Gasteiger partial charge in [0.1, 0.15) is 5.69 Å². The number of anilines is 1. The number of piperazine rings is 1. The van der Waals surface area contributed by atoms with Crippen LogP contribution in [-0.2, 0) is 21.0 Å². The van der Waals surface area contributed by atoms with Crippen LogP contribution in [0.3, 0.4) is 0 Å². The van der Waals surface area contributed by atoms with Crippen molar-refractivity contribution in [3.05, 3.63) is 39.9 Å². The van der Waals surface area contributed by atoms with Crippen LogP contribution in [0.4, 0.5) is 18.3 Å². The molecule has 0 unspecified atom stereocenters. The SMILES string of the molecule is CC(=O)Nc1nc(C(=O)N2CCN(S(=O)(=O)c3ccc(Cl)c(C(F)(F)F)c3)CC2)cs1. The lowest BCUT2D eigenvalue weighted by Crippen LogP contribution is -2.50. The number of thiazole rings is 1. The molecular weight excluding hydrogens is 481 g/mol. The van der Waals surface area contributed by atoms with Crippen molar-refractivity contribution >= 4 is 49.9 Å². The first-order chi connectivity index (χ1) is 14.4. The highest BCUT2D eigenvalue weighted by atomic mass is 35.5. The number of benzene rings is 1. The molecule has 3 rings (SSSR count). The van der Waals surface area contributed by atoms with Crippen molar-refractivity contribution in [2.24, 2.45) is 0 Å². The second-order valence-electron chi connectivity index (χ2n) is 6.55. The molecule has 0 aliphatic carbocycles. The van der Waals surface area contributed by atoms with E-state index < -0.39 is 37.6 Å². The van der Waals surface area contributed by atoms with Crippen molar-refractivity contribution in [2.75, 3.05) is 31.5 Å². The van der Waals surface area contributed by atoms with Gasteiger partial charge in [-0.3, -0.25) is 9.59 Å². The van der Waals surface area contributed by atoms with Crippen molar-refractivity contribution in [2.45, 2.75) is 18.0 Å². The highest BCUT2D eigenvalue weighted by molar-refractivity contribution is 7.89. The molecule has 1 N–H and O–H groups in total. The van der Waals surface area contributed by atoms with Gasteiger partial charge in [-0.05, 0) is 18.2 Å². The Hall–Kier alpha value is -2.22. The van der Waals surface area contributed by atoms with Crippen molar-refractivity contribution in [3.63, 3.8) is 0 Å². The van der Waals surface area contributed by atoms with Gasteiger partial charge in [0.05, 0.1) is 15.5 Å². The Balaban J connectivity index is 1.71. The summed E-state index contributed by atoms with van der Waals surface area (Å²) in [6.07, 6.45) is -4.79. The number of carbonyl (C=O) groups is 2. The van der Waals surface area contributed by atoms with Gasteiger partial charge in [-0.2, -0.15) is 17.5 Å². The number of nitrogens with zero attached hydrogens (tertiary/aromatic N) is 3. The van der Waals surface area contributed by atoms with Crippen LogP contribution in [0, 0.1) is 0 Å². The van der Waals surface area contributed by atoms with E-state index in [1.165, 1.54) is 17.2 Å². The van der Waals surface area contributed by atoms with Gasteiger partial charge in [0.2, 0.25) is 15.9 Å². The zero-order valence-electron chi connectivity index (χ0n) is 15.9. The number of hydrogen-bond acceptors (Lipinski definition) is 6. The lowest BCUT2D eigenvalue weighted by molar-refractivity contribution is -0.137. The zero-order valence-corrected chi connectivity index (χ0v) is 18.3. The smallest absolute Gasteiger partial charge is 0.335 e. The highest BCUT2D eigenvalue weighted by Gasteiger charge is 2.36. The quantitative estimate of drug-likeness (QED) is 0.701. The number of alkyl halides is 3. The number of halogens is 4. The second-order valence-corrected chi connectivity index (χ2v) is 9.76. The third kappa shape index (κ3) is 5.17. The molecule has 1 aliphatic heterocycles. The summed E-state index contributed by atoms with van der Waals surface area (Å²) in [7, 11) is -4.21. The molecule has 1 fully saturated rings. The average Bonchev–Trinajstić information content (AvgIpc) is 3.14. The van der Waals surface area contributed by atoms with E-state index in [1.807, 2.05) is 0 Å². The van der Waals surface area contributed by atoms with Crippen molar-refractivity contribution in [3.8, 4) is 0 Å². The maximum Gasteiger partial charge on any atom is 0.417 e. The molecule has 1 saturated heterocycles. The molecule has 2 amide bonds. The lowest BCUT2D eigenvalue weighted by atomic mass is 10.2. The van der Waals surface area contributed by atoms with E-state index in [0.29, 0.717) is 6.07 Å². The molecule has 168 valence electrons. The van der Waals surface area contributed by atoms with Crippen LogP contribution in [0.25, 0.3) is 0 Å². The van der Waals surface area contributed by atoms with Crippen molar-refractivity contribution < 1.29 is 31.2 Å². The average molecular weight is 497 g/mol. The van der Waals surface area contributed by atoms with E-state index in [0.717, 1.165) is 27.8 Å². The molecule has 0 bridgehead atoms. The van der Waals surface area contributed by atoms with E-state index in [-0.39, 0.29) is 42.9 Å². The van der Waals surface area contributed by atoms with Gasteiger partial charge in [0, 0.05) is 38.5 Å². The molecule has 0 saturated carbocycles. The first-order valence-electron chi connectivity index (χ1n) is 8.79. The lowest BCUT2D eigenvalue weighted by Gasteiger charge is -2.33. The normalized spacial score (nSPS) is 15.7. The Kier molecular flexibility index (Phi) is 6.60. The van der Waals surface area contributed by atoms with Crippen LogP contribution >= 0.6 is 22.9 Å². The van der Waals surface area contributed by atoms with E-state index in [9.17, 15) is 31.2 Å². The number of sulfonamides is 1. The summed E-state index contributed by atoms with van der Waals surface area (Å²) in [4.78, 5) is 28.5. The monoisotopic (exact) mass is 496 g/mol. The molecule has 14 heteroatoms. The Morgan fingerprint density at radius 3 is 2.42 bits per heavy atom. The molecule has 1 aliphatic rings. The Bertz CT molecular complexity index is 1110. The number of carbonyl (C=O) groups excluding carboxylic acids is 2. The summed E-state index contributed by atoms with van der Waals surface area (Å²) in [5.41, 5.74) is -1.12. The fourth-order valence-electron chi connectivity index (χ4n) is 2.90. The molecule has 2 aromatic rings. The van der Waals surface area contributed by atoms with Crippen LogP contribution in [0.2, 0.25) is 5.02 Å². The second kappa shape index (κ2) is 8.73. The van der Waals surface area contributed by atoms with Crippen LogP contribution in [-0.4, -0.2) is 60.6 Å². The third-order valence-electron chi connectivity index (χ3n) is 4.41. The summed E-state index contributed by atoms with van der Waals surface area (Å²) in [5.74, 6) is -0.765. The summed E-state index contributed by atoms with van der Waals surface area (Å²) < 4.78 is 65.8. The molecule has 0 radical (unpaired) electrons. The topological polar surface area (TPSA) is 99.7 Å². The predicted molar refractivity (Wildman–Crippen MR) is 108 cm³/mol. The molecule has 8 nitrogen and oxygen atoms in total. The van der Waals surface area contributed by atoms with Gasteiger partial charge in [-0.25, -0.2) is 13.4 Å². The first kappa shape index (κ1) is 23.4. The molecule has 1 aromatic carbocycles. The van der Waals surface area contributed by atoms with E-state index in [2.05, 4.69) is 10.3 Å². The van der Waals surface area contributed by atoms with Crippen LogP contribution in [0.15, 0.2) is 28.5 Å². The zero-order chi connectivity index (χ0) is 23.0. The standard InChI is InChI=1S/C17H16ClF3N4O4S2/c1-10(26)22-16-23-14(9-30-16)15(27)24-4-6-25(7-5-24)31(28,29)11-2-3-13(18)12(8-11)17(19,20)21/h2-3,8-9H,4-7H2,1H3,(H,22,23,26). The number of rotatable bonds is 4. The Morgan fingerprint density at radius 1 is 1.19 bits per heavy atom. The molecule has 0 atom stereocenters. The number of nitrogens with one attached hydrogen (secondary N) is 1. The number of aromatic nitrogens is 1. The largest absolute Gasteiger partial charge is 0.417 e. The van der Waals surface area contributed by atoms with Crippen LogP contribution in [0.1, 0.15) is 23.0 Å². The van der Waals surface area contributed by atoms with Gasteiger partial charge in [-0.1, -0.05) is 11.6 Å². The van der Waals surface area contributed by atoms with Gasteiger partial charge >= 0.3 is 6.18 Å². The minimum absolute atomic E-state index is 0.0325. The van der Waals surface area contributed by atoms with Crippen molar-refractivity contribution in [1.82, 2.24) is 14.2 Å². The minimum atomic E-state index is -4.79. The molecule has 31 heavy (non-hydrogen) atoms. The third-order valence-corrected chi connectivity index (χ3v) is 7.40. The summed E-state index contributed by atoms with van der Waals surface area (Å²) in [6, 6.07) is 2.42. The number of amides is 2. The first-order valence-corrected chi connectivity index (χ1v) is 11.5. The molecule has 0 spiro atoms. The predicted octanol–water partition coefficient (Wildman–Crippen LogP) is 2.92. The van der Waals surface area contributed by atoms with Gasteiger partial charge in [-0.15, -0.1) is 11.3 Å². The van der Waals surface area contributed by atoms with Crippen LogP contribution in [0.5, 0.6) is 0 Å².